The van der Waals surface area contributed by atoms with Crippen molar-refractivity contribution >= 4 is 33.0 Å². The number of sulfonamides is 1. The third-order valence-electron chi connectivity index (χ3n) is 4.15. The molecular formula is C14H22ClNO2S2. The van der Waals surface area contributed by atoms with Gasteiger partial charge >= 0.3 is 0 Å². The monoisotopic (exact) mass is 335 g/mol. The van der Waals surface area contributed by atoms with Crippen LogP contribution in [0.3, 0.4) is 0 Å². The SMILES string of the molecule is Cc1csc(CCl)c1S(=O)(=O)N1CCC(C(C)C)CC1. The maximum atomic E-state index is 12.8. The number of hydrogen-bond donors (Lipinski definition) is 0. The lowest BCUT2D eigenvalue weighted by atomic mass is 9.87. The summed E-state index contributed by atoms with van der Waals surface area (Å²) in [4.78, 5) is 1.20. The zero-order chi connectivity index (χ0) is 14.9. The van der Waals surface area contributed by atoms with Crippen LogP contribution in [0.15, 0.2) is 10.3 Å². The molecule has 2 heterocycles. The Bertz CT molecular complexity index is 558. The van der Waals surface area contributed by atoms with Gasteiger partial charge in [-0.2, -0.15) is 4.31 Å². The van der Waals surface area contributed by atoms with Crippen LogP contribution in [0.1, 0.15) is 37.1 Å². The first-order valence-corrected chi connectivity index (χ1v) is 9.86. The van der Waals surface area contributed by atoms with Crippen molar-refractivity contribution in [3.63, 3.8) is 0 Å². The zero-order valence-corrected chi connectivity index (χ0v) is 14.6. The van der Waals surface area contributed by atoms with Gasteiger partial charge in [0, 0.05) is 18.0 Å². The number of halogens is 1. The maximum absolute atomic E-state index is 12.8. The van der Waals surface area contributed by atoms with E-state index in [0.29, 0.717) is 29.8 Å². The summed E-state index contributed by atoms with van der Waals surface area (Å²) in [5.74, 6) is 1.52. The molecule has 114 valence electrons. The first kappa shape index (κ1) is 16.3. The molecule has 0 aliphatic carbocycles. The van der Waals surface area contributed by atoms with E-state index in [9.17, 15) is 8.42 Å². The summed E-state index contributed by atoms with van der Waals surface area (Å²) in [6, 6.07) is 0. The number of rotatable bonds is 4. The van der Waals surface area contributed by atoms with E-state index in [1.54, 1.807) is 4.31 Å². The Kier molecular flexibility index (Phi) is 5.16. The van der Waals surface area contributed by atoms with Gasteiger partial charge in [-0.05, 0) is 42.5 Å². The normalized spacial score (nSPS) is 18.9. The third-order valence-corrected chi connectivity index (χ3v) is 7.94. The molecule has 0 amide bonds. The van der Waals surface area contributed by atoms with E-state index in [2.05, 4.69) is 13.8 Å². The van der Waals surface area contributed by atoms with Crippen molar-refractivity contribution in [1.82, 2.24) is 4.31 Å². The highest BCUT2D eigenvalue weighted by molar-refractivity contribution is 7.89. The van der Waals surface area contributed by atoms with Gasteiger partial charge < -0.3 is 0 Å². The molecule has 0 atom stereocenters. The van der Waals surface area contributed by atoms with Crippen LogP contribution >= 0.6 is 22.9 Å². The second-order valence-corrected chi connectivity index (χ2v) is 8.90. The Hall–Kier alpha value is -0.100. The highest BCUT2D eigenvalue weighted by Crippen LogP contribution is 2.33. The molecule has 0 aromatic carbocycles. The van der Waals surface area contributed by atoms with Gasteiger partial charge in [-0.25, -0.2) is 8.42 Å². The summed E-state index contributed by atoms with van der Waals surface area (Å²) in [6.45, 7) is 7.53. The van der Waals surface area contributed by atoms with Gasteiger partial charge in [0.15, 0.2) is 0 Å². The maximum Gasteiger partial charge on any atom is 0.244 e. The lowest BCUT2D eigenvalue weighted by molar-refractivity contribution is 0.226. The molecule has 1 fully saturated rings. The molecule has 3 nitrogen and oxygen atoms in total. The number of alkyl halides is 1. The van der Waals surface area contributed by atoms with E-state index in [1.165, 1.54) is 11.3 Å². The molecule has 0 spiro atoms. The van der Waals surface area contributed by atoms with Crippen LogP contribution in [-0.4, -0.2) is 25.8 Å². The quantitative estimate of drug-likeness (QED) is 0.784. The predicted octanol–water partition coefficient (Wildman–Crippen LogP) is 3.85. The van der Waals surface area contributed by atoms with Crippen molar-refractivity contribution in [2.45, 2.75) is 44.4 Å². The average molecular weight is 336 g/mol. The lowest BCUT2D eigenvalue weighted by Gasteiger charge is -2.33. The summed E-state index contributed by atoms with van der Waals surface area (Å²) in [5.41, 5.74) is 0.816. The Labute approximate surface area is 131 Å². The molecule has 1 saturated heterocycles. The summed E-state index contributed by atoms with van der Waals surface area (Å²) in [7, 11) is -3.38. The number of aryl methyl sites for hydroxylation is 1. The molecule has 6 heteroatoms. The van der Waals surface area contributed by atoms with Crippen LogP contribution in [-0.2, 0) is 15.9 Å². The van der Waals surface area contributed by atoms with Gasteiger partial charge in [-0.15, -0.1) is 22.9 Å². The van der Waals surface area contributed by atoms with Gasteiger partial charge in [0.25, 0.3) is 0 Å². The van der Waals surface area contributed by atoms with Crippen molar-refractivity contribution < 1.29 is 8.42 Å². The van der Waals surface area contributed by atoms with Crippen molar-refractivity contribution in [2.75, 3.05) is 13.1 Å². The summed E-state index contributed by atoms with van der Waals surface area (Å²) in [5, 5.41) is 1.88. The summed E-state index contributed by atoms with van der Waals surface area (Å²) >= 11 is 7.32. The molecule has 0 unspecified atom stereocenters. The van der Waals surface area contributed by atoms with E-state index >= 15 is 0 Å². The van der Waals surface area contributed by atoms with Crippen LogP contribution in [0.5, 0.6) is 0 Å². The first-order valence-electron chi connectivity index (χ1n) is 7.01. The molecule has 1 aliphatic heterocycles. The Morgan fingerprint density at radius 2 is 2.00 bits per heavy atom. The fraction of sp³-hybridized carbons (Fsp3) is 0.714. The summed E-state index contributed by atoms with van der Waals surface area (Å²) in [6.07, 6.45) is 1.91. The Morgan fingerprint density at radius 3 is 2.50 bits per heavy atom. The van der Waals surface area contributed by atoms with E-state index in [4.69, 9.17) is 11.6 Å². The highest BCUT2D eigenvalue weighted by Gasteiger charge is 2.33. The van der Waals surface area contributed by atoms with E-state index in [0.717, 1.165) is 23.3 Å². The molecule has 0 N–H and O–H groups in total. The minimum atomic E-state index is -3.38. The lowest BCUT2D eigenvalue weighted by Crippen LogP contribution is -2.39. The van der Waals surface area contributed by atoms with Gasteiger partial charge in [0.05, 0.1) is 5.88 Å². The van der Waals surface area contributed by atoms with Gasteiger partial charge in [0.1, 0.15) is 4.90 Å². The van der Waals surface area contributed by atoms with Gasteiger partial charge in [-0.3, -0.25) is 0 Å². The number of nitrogens with zero attached hydrogens (tertiary/aromatic N) is 1. The van der Waals surface area contributed by atoms with Crippen LogP contribution in [0.4, 0.5) is 0 Å². The fourth-order valence-corrected chi connectivity index (χ4v) is 6.32. The zero-order valence-electron chi connectivity index (χ0n) is 12.2. The topological polar surface area (TPSA) is 37.4 Å². The molecule has 0 bridgehead atoms. The second kappa shape index (κ2) is 6.34. The number of piperidine rings is 1. The van der Waals surface area contributed by atoms with Crippen LogP contribution in [0, 0.1) is 18.8 Å². The highest BCUT2D eigenvalue weighted by atomic mass is 35.5. The molecule has 1 aliphatic rings. The van der Waals surface area contributed by atoms with Crippen molar-refractivity contribution in [2.24, 2.45) is 11.8 Å². The van der Waals surface area contributed by atoms with E-state index in [1.807, 2.05) is 12.3 Å². The largest absolute Gasteiger partial charge is 0.244 e. The minimum absolute atomic E-state index is 0.259. The molecule has 0 saturated carbocycles. The fourth-order valence-electron chi connectivity index (χ4n) is 2.84. The van der Waals surface area contributed by atoms with Crippen LogP contribution < -0.4 is 0 Å². The minimum Gasteiger partial charge on any atom is -0.207 e. The Balaban J connectivity index is 2.22. The first-order chi connectivity index (χ1) is 9.37. The van der Waals surface area contributed by atoms with Crippen molar-refractivity contribution in [1.29, 1.82) is 0 Å². The van der Waals surface area contributed by atoms with Gasteiger partial charge in [0.2, 0.25) is 10.0 Å². The summed E-state index contributed by atoms with van der Waals surface area (Å²) < 4.78 is 27.2. The molecule has 0 radical (unpaired) electrons. The molecule has 1 aromatic rings. The smallest absolute Gasteiger partial charge is 0.207 e. The number of hydrogen-bond acceptors (Lipinski definition) is 3. The van der Waals surface area contributed by atoms with Crippen molar-refractivity contribution in [3.8, 4) is 0 Å². The molecule has 2 rings (SSSR count). The molecule has 20 heavy (non-hydrogen) atoms. The van der Waals surface area contributed by atoms with Crippen molar-refractivity contribution in [3.05, 3.63) is 15.8 Å². The Morgan fingerprint density at radius 1 is 1.40 bits per heavy atom. The third kappa shape index (κ3) is 3.06. The second-order valence-electron chi connectivity index (χ2n) is 5.79. The van der Waals surface area contributed by atoms with Crippen LogP contribution in [0.25, 0.3) is 0 Å². The van der Waals surface area contributed by atoms with E-state index < -0.39 is 10.0 Å². The predicted molar refractivity (Wildman–Crippen MR) is 84.9 cm³/mol. The van der Waals surface area contributed by atoms with Gasteiger partial charge in [-0.1, -0.05) is 13.8 Å². The number of thiophene rings is 1. The standard InChI is InChI=1S/C14H22ClNO2S2/c1-10(2)12-4-6-16(7-5-12)20(17,18)14-11(3)9-19-13(14)8-15/h9-10,12H,4-8H2,1-3H3. The van der Waals surface area contributed by atoms with E-state index in [-0.39, 0.29) is 5.88 Å². The average Bonchev–Trinajstić information content (AvgIpc) is 2.80. The molecular weight excluding hydrogens is 314 g/mol. The van der Waals surface area contributed by atoms with Crippen LogP contribution in [0.2, 0.25) is 0 Å². The molecule has 1 aromatic heterocycles.